The largest absolute Gasteiger partial charge is 0.395 e. The number of halogens is 1. The molecule has 3 N–H and O–H groups in total. The molecule has 0 bridgehead atoms. The van der Waals surface area contributed by atoms with Crippen LogP contribution in [0.15, 0.2) is 34.9 Å². The Hall–Kier alpha value is -2.57. The second-order valence-electron chi connectivity index (χ2n) is 3.66. The van der Waals surface area contributed by atoms with Crippen LogP contribution in [-0.2, 0) is 0 Å². The number of benzene rings is 1. The molecule has 2 aromatic rings. The molecule has 0 atom stereocenters. The Morgan fingerprint density at radius 2 is 1.89 bits per heavy atom. The zero-order chi connectivity index (χ0) is 13.8. The molecular formula is C13H8BrN5. The van der Waals surface area contributed by atoms with Gasteiger partial charge in [0.2, 0.25) is 0 Å². The first-order chi connectivity index (χ1) is 9.15. The Morgan fingerprint density at radius 1 is 1.16 bits per heavy atom. The van der Waals surface area contributed by atoms with Crippen molar-refractivity contribution in [3.8, 4) is 12.1 Å². The van der Waals surface area contributed by atoms with Crippen molar-refractivity contribution in [1.82, 2.24) is 4.98 Å². The van der Waals surface area contributed by atoms with Gasteiger partial charge in [-0.2, -0.15) is 10.5 Å². The van der Waals surface area contributed by atoms with E-state index in [1.165, 1.54) is 12.3 Å². The molecule has 1 aromatic carbocycles. The van der Waals surface area contributed by atoms with Gasteiger partial charge >= 0.3 is 0 Å². The normalized spacial score (nSPS) is 9.42. The molecule has 1 aromatic heterocycles. The Bertz CT molecular complexity index is 712. The second kappa shape index (κ2) is 5.38. The Kier molecular flexibility index (Phi) is 3.65. The first kappa shape index (κ1) is 12.9. The van der Waals surface area contributed by atoms with Gasteiger partial charge in [0.1, 0.15) is 12.1 Å². The number of aromatic nitrogens is 1. The van der Waals surface area contributed by atoms with Crippen molar-refractivity contribution in [3.05, 3.63) is 46.1 Å². The quantitative estimate of drug-likeness (QED) is 0.888. The van der Waals surface area contributed by atoms with Gasteiger partial charge in [-0.05, 0) is 24.3 Å². The van der Waals surface area contributed by atoms with Crippen LogP contribution in [0.2, 0.25) is 0 Å². The lowest BCUT2D eigenvalue weighted by molar-refractivity contribution is 1.29. The van der Waals surface area contributed by atoms with E-state index in [0.29, 0.717) is 22.6 Å². The lowest BCUT2D eigenvalue weighted by atomic mass is 10.2. The highest BCUT2D eigenvalue weighted by Gasteiger charge is 2.09. The number of hydrogen-bond acceptors (Lipinski definition) is 5. The van der Waals surface area contributed by atoms with Gasteiger partial charge in [-0.1, -0.05) is 15.9 Å². The van der Waals surface area contributed by atoms with Crippen LogP contribution in [0.25, 0.3) is 0 Å². The van der Waals surface area contributed by atoms with Crippen LogP contribution in [0, 0.1) is 22.7 Å². The number of nitrogens with one attached hydrogen (secondary N) is 1. The minimum Gasteiger partial charge on any atom is -0.395 e. The number of nitrogens with zero attached hydrogens (tertiary/aromatic N) is 3. The summed E-state index contributed by atoms with van der Waals surface area (Å²) in [5, 5.41) is 20.9. The second-order valence-corrected chi connectivity index (χ2v) is 4.57. The minimum atomic E-state index is 0.258. The lowest BCUT2D eigenvalue weighted by Gasteiger charge is -2.10. The summed E-state index contributed by atoms with van der Waals surface area (Å²) in [5.74, 6) is 0.355. The molecule has 0 saturated heterocycles. The Morgan fingerprint density at radius 3 is 2.58 bits per heavy atom. The number of nitrogen functional groups attached to an aromatic ring is 1. The van der Waals surface area contributed by atoms with E-state index < -0.39 is 0 Å². The molecule has 0 saturated carbocycles. The van der Waals surface area contributed by atoms with E-state index in [2.05, 4.69) is 32.3 Å². The highest BCUT2D eigenvalue weighted by molar-refractivity contribution is 9.10. The molecule has 0 fully saturated rings. The third-order valence-corrected chi connectivity index (χ3v) is 2.96. The van der Waals surface area contributed by atoms with Gasteiger partial charge in [0.05, 0.1) is 22.5 Å². The van der Waals surface area contributed by atoms with Gasteiger partial charge in [0.15, 0.2) is 5.82 Å². The minimum absolute atomic E-state index is 0.258. The van der Waals surface area contributed by atoms with Crippen LogP contribution in [0.4, 0.5) is 17.2 Å². The summed E-state index contributed by atoms with van der Waals surface area (Å²) in [5.41, 5.74) is 7.47. The number of nitriles is 2. The van der Waals surface area contributed by atoms with Gasteiger partial charge in [-0.3, -0.25) is 0 Å². The average molecular weight is 314 g/mol. The molecule has 0 amide bonds. The molecule has 92 valence electrons. The van der Waals surface area contributed by atoms with Crippen molar-refractivity contribution in [2.45, 2.75) is 0 Å². The van der Waals surface area contributed by atoms with Gasteiger partial charge < -0.3 is 11.1 Å². The van der Waals surface area contributed by atoms with E-state index in [0.717, 1.165) is 4.47 Å². The molecule has 0 radical (unpaired) electrons. The van der Waals surface area contributed by atoms with Crippen LogP contribution in [0.1, 0.15) is 11.1 Å². The maximum absolute atomic E-state index is 9.05. The standard InChI is InChI=1S/C13H8BrN5/c14-10-2-1-8(6-15)11(5-10)19-13-12(17)9(7-16)3-4-18-13/h1-5H,17H2,(H,18,19). The van der Waals surface area contributed by atoms with E-state index >= 15 is 0 Å². The Balaban J connectivity index is 2.46. The maximum Gasteiger partial charge on any atom is 0.154 e. The Labute approximate surface area is 118 Å². The van der Waals surface area contributed by atoms with Crippen LogP contribution in [0.5, 0.6) is 0 Å². The molecule has 1 heterocycles. The van der Waals surface area contributed by atoms with E-state index in [9.17, 15) is 0 Å². The van der Waals surface area contributed by atoms with E-state index in [4.69, 9.17) is 16.3 Å². The lowest BCUT2D eigenvalue weighted by Crippen LogP contribution is -2.02. The van der Waals surface area contributed by atoms with E-state index in [-0.39, 0.29) is 5.69 Å². The fourth-order valence-corrected chi connectivity index (χ4v) is 1.88. The summed E-state index contributed by atoms with van der Waals surface area (Å²) in [6.07, 6.45) is 1.49. The first-order valence-electron chi connectivity index (χ1n) is 5.27. The van der Waals surface area contributed by atoms with Crippen LogP contribution < -0.4 is 11.1 Å². The number of hydrogen-bond donors (Lipinski definition) is 2. The molecule has 0 spiro atoms. The molecule has 0 aliphatic heterocycles. The molecule has 6 heteroatoms. The summed E-state index contributed by atoms with van der Waals surface area (Å²) < 4.78 is 0.823. The highest BCUT2D eigenvalue weighted by atomic mass is 79.9. The monoisotopic (exact) mass is 313 g/mol. The molecular weight excluding hydrogens is 306 g/mol. The van der Waals surface area contributed by atoms with Crippen molar-refractivity contribution < 1.29 is 0 Å². The van der Waals surface area contributed by atoms with E-state index in [1.807, 2.05) is 6.07 Å². The van der Waals surface area contributed by atoms with Gasteiger partial charge in [0, 0.05) is 10.7 Å². The van der Waals surface area contributed by atoms with Gasteiger partial charge in [0.25, 0.3) is 0 Å². The van der Waals surface area contributed by atoms with Crippen molar-refractivity contribution in [1.29, 1.82) is 10.5 Å². The van der Waals surface area contributed by atoms with E-state index in [1.54, 1.807) is 18.2 Å². The van der Waals surface area contributed by atoms with Gasteiger partial charge in [-0.25, -0.2) is 4.98 Å². The topological polar surface area (TPSA) is 98.5 Å². The molecule has 0 aliphatic rings. The molecule has 2 rings (SSSR count). The van der Waals surface area contributed by atoms with Crippen molar-refractivity contribution in [3.63, 3.8) is 0 Å². The number of pyridine rings is 1. The summed E-state index contributed by atoms with van der Waals surface area (Å²) >= 11 is 3.33. The predicted molar refractivity (Wildman–Crippen MR) is 75.5 cm³/mol. The van der Waals surface area contributed by atoms with Crippen LogP contribution >= 0.6 is 15.9 Å². The molecule has 0 unspecified atom stereocenters. The molecule has 19 heavy (non-hydrogen) atoms. The summed E-state index contributed by atoms with van der Waals surface area (Å²) in [6.45, 7) is 0. The highest BCUT2D eigenvalue weighted by Crippen LogP contribution is 2.27. The fourth-order valence-electron chi connectivity index (χ4n) is 1.52. The predicted octanol–water partition coefficient (Wildman–Crippen LogP) is 2.91. The van der Waals surface area contributed by atoms with Crippen molar-refractivity contribution in [2.75, 3.05) is 11.1 Å². The third kappa shape index (κ3) is 2.65. The smallest absolute Gasteiger partial charge is 0.154 e. The summed E-state index contributed by atoms with van der Waals surface area (Å²) in [7, 11) is 0. The van der Waals surface area contributed by atoms with Crippen molar-refractivity contribution >= 4 is 33.1 Å². The maximum atomic E-state index is 9.05. The van der Waals surface area contributed by atoms with Crippen molar-refractivity contribution in [2.24, 2.45) is 0 Å². The molecule has 0 aliphatic carbocycles. The summed E-state index contributed by atoms with van der Waals surface area (Å²) in [4.78, 5) is 4.08. The zero-order valence-electron chi connectivity index (χ0n) is 9.68. The third-order valence-electron chi connectivity index (χ3n) is 2.47. The van der Waals surface area contributed by atoms with Gasteiger partial charge in [-0.15, -0.1) is 0 Å². The fraction of sp³-hybridized carbons (Fsp3) is 0. The van der Waals surface area contributed by atoms with Crippen LogP contribution in [0.3, 0.4) is 0 Å². The molecule has 5 nitrogen and oxygen atoms in total. The first-order valence-corrected chi connectivity index (χ1v) is 6.06. The number of anilines is 3. The summed E-state index contributed by atoms with van der Waals surface area (Å²) in [6, 6.07) is 10.8. The number of nitrogens with two attached hydrogens (primary N) is 1. The zero-order valence-corrected chi connectivity index (χ0v) is 11.3. The SMILES string of the molecule is N#Cc1ccc(Br)cc1Nc1nccc(C#N)c1N. The number of rotatable bonds is 2. The average Bonchev–Trinajstić information content (AvgIpc) is 2.41. The van der Waals surface area contributed by atoms with Crippen LogP contribution in [-0.4, -0.2) is 4.98 Å².